The van der Waals surface area contributed by atoms with E-state index < -0.39 is 23.2 Å². The molecule has 166 valence electrons. The number of carbonyl (C=O) groups is 3. The smallest absolute Gasteiger partial charge is 0.272 e. The minimum atomic E-state index is -1.13. The van der Waals surface area contributed by atoms with Gasteiger partial charge in [0.2, 0.25) is 5.91 Å². The lowest BCUT2D eigenvalue weighted by atomic mass is 9.95. The molecule has 31 heavy (non-hydrogen) atoms. The van der Waals surface area contributed by atoms with Crippen molar-refractivity contribution >= 4 is 17.7 Å². The van der Waals surface area contributed by atoms with Crippen LogP contribution in [0.4, 0.5) is 4.39 Å². The number of rotatable bonds is 7. The monoisotopic (exact) mass is 429 g/mol. The first-order valence-electron chi connectivity index (χ1n) is 10.3. The molecule has 0 saturated heterocycles. The first-order chi connectivity index (χ1) is 14.6. The van der Waals surface area contributed by atoms with Crippen molar-refractivity contribution in [3.05, 3.63) is 53.1 Å². The molecule has 9 heteroatoms. The van der Waals surface area contributed by atoms with Crippen LogP contribution in [0.2, 0.25) is 0 Å². The number of hydrogen-bond donors (Lipinski definition) is 2. The summed E-state index contributed by atoms with van der Waals surface area (Å²) in [4.78, 5) is 39.6. The van der Waals surface area contributed by atoms with E-state index in [1.807, 2.05) is 0 Å². The van der Waals surface area contributed by atoms with Crippen LogP contribution in [-0.4, -0.2) is 51.5 Å². The van der Waals surface area contributed by atoms with Gasteiger partial charge in [0.1, 0.15) is 17.1 Å². The normalized spacial score (nSPS) is 18.1. The summed E-state index contributed by atoms with van der Waals surface area (Å²) >= 11 is 0. The molecule has 0 unspecified atom stereocenters. The van der Waals surface area contributed by atoms with Gasteiger partial charge in [-0.1, -0.05) is 32.0 Å². The van der Waals surface area contributed by atoms with Gasteiger partial charge in [0.05, 0.1) is 6.54 Å². The molecule has 2 heterocycles. The molecule has 0 aliphatic carbocycles. The fourth-order valence-corrected chi connectivity index (χ4v) is 3.41. The van der Waals surface area contributed by atoms with E-state index in [2.05, 4.69) is 29.6 Å². The molecule has 2 aromatic rings. The van der Waals surface area contributed by atoms with Crippen LogP contribution in [-0.2, 0) is 17.9 Å². The lowest BCUT2D eigenvalue weighted by Crippen LogP contribution is -2.62. The Hall–Kier alpha value is -3.23. The molecule has 1 aromatic heterocycles. The molecular formula is C22H28FN5O3. The second-order valence-electron chi connectivity index (χ2n) is 8.42. The Morgan fingerprint density at radius 3 is 2.65 bits per heavy atom. The maximum atomic E-state index is 13.8. The molecule has 0 bridgehead atoms. The number of fused-ring (bicyclic) bond motifs is 1. The number of aromatic nitrogens is 2. The van der Waals surface area contributed by atoms with Crippen molar-refractivity contribution in [2.45, 2.75) is 45.8 Å². The van der Waals surface area contributed by atoms with Crippen molar-refractivity contribution in [3.63, 3.8) is 0 Å². The molecule has 1 aliphatic rings. The molecule has 2 N–H and O–H groups in total. The fraction of sp³-hybridized carbons (Fsp3) is 0.455. The predicted octanol–water partition coefficient (Wildman–Crippen LogP) is 1.96. The second-order valence-corrected chi connectivity index (χ2v) is 8.42. The maximum absolute atomic E-state index is 13.8. The van der Waals surface area contributed by atoms with Crippen molar-refractivity contribution in [1.29, 1.82) is 0 Å². The van der Waals surface area contributed by atoms with Gasteiger partial charge in [-0.2, -0.15) is 5.10 Å². The van der Waals surface area contributed by atoms with Gasteiger partial charge >= 0.3 is 0 Å². The summed E-state index contributed by atoms with van der Waals surface area (Å²) in [5, 5.41) is 9.74. The molecule has 0 fully saturated rings. The third kappa shape index (κ3) is 4.60. The highest BCUT2D eigenvalue weighted by molar-refractivity contribution is 6.01. The van der Waals surface area contributed by atoms with E-state index >= 15 is 0 Å². The summed E-state index contributed by atoms with van der Waals surface area (Å²) in [6, 6.07) is 7.55. The number of nitrogens with zero attached hydrogens (tertiary/aromatic N) is 3. The van der Waals surface area contributed by atoms with Gasteiger partial charge in [-0.15, -0.1) is 0 Å². The molecule has 8 nitrogen and oxygen atoms in total. The lowest BCUT2D eigenvalue weighted by molar-refractivity contribution is -0.132. The van der Waals surface area contributed by atoms with Crippen LogP contribution in [0.5, 0.6) is 0 Å². The summed E-state index contributed by atoms with van der Waals surface area (Å²) in [6.07, 6.45) is 0.832. The summed E-state index contributed by atoms with van der Waals surface area (Å²) < 4.78 is 15.1. The van der Waals surface area contributed by atoms with Crippen LogP contribution in [0.3, 0.4) is 0 Å². The average molecular weight is 429 g/mol. The van der Waals surface area contributed by atoms with E-state index in [0.717, 1.165) is 6.42 Å². The molecule has 1 atom stereocenters. The van der Waals surface area contributed by atoms with Gasteiger partial charge in [-0.25, -0.2) is 4.39 Å². The van der Waals surface area contributed by atoms with Crippen molar-refractivity contribution < 1.29 is 18.8 Å². The molecule has 3 amide bonds. The molecule has 0 spiro atoms. The van der Waals surface area contributed by atoms with E-state index in [1.165, 1.54) is 21.7 Å². The Morgan fingerprint density at radius 2 is 1.97 bits per heavy atom. The van der Waals surface area contributed by atoms with Gasteiger partial charge < -0.3 is 15.5 Å². The van der Waals surface area contributed by atoms with Crippen molar-refractivity contribution in [2.75, 3.05) is 13.6 Å². The van der Waals surface area contributed by atoms with Crippen molar-refractivity contribution in [3.8, 4) is 0 Å². The Kier molecular flexibility index (Phi) is 6.42. The summed E-state index contributed by atoms with van der Waals surface area (Å²) in [6.45, 7) is 6.45. The fourth-order valence-electron chi connectivity index (χ4n) is 3.41. The zero-order valence-corrected chi connectivity index (χ0v) is 18.2. The van der Waals surface area contributed by atoms with Crippen LogP contribution in [0.25, 0.3) is 0 Å². The number of amides is 3. The van der Waals surface area contributed by atoms with E-state index in [9.17, 15) is 18.8 Å². The average Bonchev–Trinajstić information content (AvgIpc) is 3.15. The van der Waals surface area contributed by atoms with E-state index in [4.69, 9.17) is 0 Å². The zero-order chi connectivity index (χ0) is 22.8. The van der Waals surface area contributed by atoms with Crippen LogP contribution in [0.1, 0.15) is 53.7 Å². The minimum absolute atomic E-state index is 0.00246. The largest absolute Gasteiger partial charge is 0.354 e. The molecule has 0 saturated carbocycles. The highest BCUT2D eigenvalue weighted by Gasteiger charge is 2.46. The first kappa shape index (κ1) is 22.5. The van der Waals surface area contributed by atoms with Crippen LogP contribution < -0.4 is 10.6 Å². The first-order valence-corrected chi connectivity index (χ1v) is 10.3. The number of nitrogens with one attached hydrogen (secondary N) is 2. The second kappa shape index (κ2) is 8.87. The molecule has 0 radical (unpaired) electrons. The van der Waals surface area contributed by atoms with Gasteiger partial charge in [0.25, 0.3) is 11.8 Å². The van der Waals surface area contributed by atoms with Gasteiger partial charge in [-0.05, 0) is 25.3 Å². The quantitative estimate of drug-likeness (QED) is 0.703. The number of likely N-dealkylation sites (N-methyl/N-ethyl adjacent to an activating group) is 1. The van der Waals surface area contributed by atoms with Crippen LogP contribution >= 0.6 is 0 Å². The van der Waals surface area contributed by atoms with Crippen molar-refractivity contribution in [2.24, 2.45) is 5.92 Å². The Labute approximate surface area is 180 Å². The summed E-state index contributed by atoms with van der Waals surface area (Å²) in [5.74, 6) is -1.15. The SMILES string of the molecule is CC(C)CCNC(=O)[C@]1(C)Cn2nc(C(=O)NCc3ccccc3F)cc2C(=O)N1C. The summed E-state index contributed by atoms with van der Waals surface area (Å²) in [5.41, 5.74) is -0.515. The van der Waals surface area contributed by atoms with E-state index in [0.29, 0.717) is 18.0 Å². The predicted molar refractivity (Wildman–Crippen MR) is 113 cm³/mol. The van der Waals surface area contributed by atoms with Crippen LogP contribution in [0.15, 0.2) is 30.3 Å². The van der Waals surface area contributed by atoms with Gasteiger partial charge in [0, 0.05) is 31.8 Å². The van der Waals surface area contributed by atoms with E-state index in [1.54, 1.807) is 32.2 Å². The standard InChI is InChI=1S/C22H28FN5O3/c1-14(2)9-10-24-21(31)22(3)13-28-18(20(30)27(22)4)11-17(26-28)19(29)25-12-15-7-5-6-8-16(15)23/h5-8,11,14H,9-10,12-13H2,1-4H3,(H,24,31)(H,25,29)/t22-/m0/s1. The minimum Gasteiger partial charge on any atom is -0.354 e. The number of hydrogen-bond acceptors (Lipinski definition) is 4. The Bertz CT molecular complexity index is 1000. The van der Waals surface area contributed by atoms with E-state index in [-0.39, 0.29) is 30.4 Å². The van der Waals surface area contributed by atoms with Gasteiger partial charge in [-0.3, -0.25) is 19.1 Å². The lowest BCUT2D eigenvalue weighted by Gasteiger charge is -2.40. The Balaban J connectivity index is 1.74. The molecular weight excluding hydrogens is 401 g/mol. The van der Waals surface area contributed by atoms with Gasteiger partial charge in [0.15, 0.2) is 5.69 Å². The molecule has 3 rings (SSSR count). The molecule has 1 aromatic carbocycles. The zero-order valence-electron chi connectivity index (χ0n) is 18.2. The summed E-state index contributed by atoms with van der Waals surface area (Å²) in [7, 11) is 1.57. The topological polar surface area (TPSA) is 96.3 Å². The number of halogens is 1. The van der Waals surface area contributed by atoms with Crippen LogP contribution in [0, 0.1) is 11.7 Å². The third-order valence-electron chi connectivity index (χ3n) is 5.63. The van der Waals surface area contributed by atoms with Crippen molar-refractivity contribution in [1.82, 2.24) is 25.3 Å². The highest BCUT2D eigenvalue weighted by Crippen LogP contribution is 2.26. The highest BCUT2D eigenvalue weighted by atomic mass is 19.1. The maximum Gasteiger partial charge on any atom is 0.272 e. The Morgan fingerprint density at radius 1 is 1.26 bits per heavy atom. The molecule has 1 aliphatic heterocycles. The third-order valence-corrected chi connectivity index (χ3v) is 5.63. The number of carbonyl (C=O) groups excluding carboxylic acids is 3. The number of benzene rings is 1.